The van der Waals surface area contributed by atoms with Crippen LogP contribution in [0.5, 0.6) is 0 Å². The number of carbonyl (C=O) groups is 2. The Kier molecular flexibility index (Phi) is 10.2. The molecule has 2 fully saturated rings. The van der Waals surface area contributed by atoms with E-state index in [0.717, 1.165) is 53.7 Å². The van der Waals surface area contributed by atoms with E-state index < -0.39 is 0 Å². The molecule has 4 rings (SSSR count). The number of benzene rings is 2. The lowest BCUT2D eigenvalue weighted by Crippen LogP contribution is -2.28. The van der Waals surface area contributed by atoms with Crippen LogP contribution in [0.1, 0.15) is 112 Å². The van der Waals surface area contributed by atoms with Crippen LogP contribution in [-0.4, -0.2) is 11.6 Å². The average molecular weight is 501 g/mol. The van der Waals surface area contributed by atoms with Crippen molar-refractivity contribution >= 4 is 11.6 Å². The molecule has 37 heavy (non-hydrogen) atoms. The van der Waals surface area contributed by atoms with Gasteiger partial charge in [0.05, 0.1) is 0 Å². The molecule has 1 atom stereocenters. The van der Waals surface area contributed by atoms with Gasteiger partial charge in [0.25, 0.3) is 0 Å². The minimum absolute atomic E-state index is 0.154. The standard InChI is InChI=1S/C35H48O2/c1-4-5-26(3)22-27-12-16-32(17-13-27)34(36)23-28-8-10-29(11-9-28)24-35(37)33-20-18-31(19-21-33)30-14-6-25(2)7-15-30/h8-13,16-17,25-26,30-31,33H,4-7,14-15,18-24H2,1-3H3. The second-order valence-corrected chi connectivity index (χ2v) is 12.5. The molecule has 0 spiro atoms. The Morgan fingerprint density at radius 1 is 0.730 bits per heavy atom. The predicted molar refractivity (Wildman–Crippen MR) is 154 cm³/mol. The van der Waals surface area contributed by atoms with E-state index in [1.807, 2.05) is 36.4 Å². The summed E-state index contributed by atoms with van der Waals surface area (Å²) in [6, 6.07) is 16.3. The van der Waals surface area contributed by atoms with Gasteiger partial charge in [-0.05, 0) is 85.3 Å². The summed E-state index contributed by atoms with van der Waals surface area (Å²) in [6.45, 7) is 6.92. The van der Waals surface area contributed by atoms with Gasteiger partial charge in [-0.3, -0.25) is 9.59 Å². The van der Waals surface area contributed by atoms with Crippen molar-refractivity contribution in [1.82, 2.24) is 0 Å². The molecule has 2 heteroatoms. The summed E-state index contributed by atoms with van der Waals surface area (Å²) >= 11 is 0. The van der Waals surface area contributed by atoms with Gasteiger partial charge in [-0.1, -0.05) is 95.0 Å². The fourth-order valence-electron chi connectivity index (χ4n) is 6.90. The van der Waals surface area contributed by atoms with E-state index in [2.05, 4.69) is 32.9 Å². The molecule has 0 saturated heterocycles. The Morgan fingerprint density at radius 3 is 1.81 bits per heavy atom. The third-order valence-corrected chi connectivity index (χ3v) is 9.36. The highest BCUT2D eigenvalue weighted by molar-refractivity contribution is 5.97. The fourth-order valence-corrected chi connectivity index (χ4v) is 6.90. The van der Waals surface area contributed by atoms with E-state index in [9.17, 15) is 9.59 Å². The fraction of sp³-hybridized carbons (Fsp3) is 0.600. The van der Waals surface area contributed by atoms with Crippen molar-refractivity contribution in [2.24, 2.45) is 29.6 Å². The first kappa shape index (κ1) is 27.8. The first-order valence-electron chi connectivity index (χ1n) is 15.1. The molecule has 0 N–H and O–H groups in total. The third kappa shape index (κ3) is 8.13. The number of hydrogen-bond acceptors (Lipinski definition) is 2. The van der Waals surface area contributed by atoms with E-state index >= 15 is 0 Å². The Labute approximate surface area is 225 Å². The zero-order valence-electron chi connectivity index (χ0n) is 23.5. The molecule has 200 valence electrons. The number of Topliss-reactive ketones (excluding diaryl/α,β-unsaturated/α-hetero) is 2. The van der Waals surface area contributed by atoms with Gasteiger partial charge < -0.3 is 0 Å². The minimum Gasteiger partial charge on any atom is -0.299 e. The average Bonchev–Trinajstić information content (AvgIpc) is 2.91. The number of carbonyl (C=O) groups excluding carboxylic acids is 2. The molecule has 2 saturated carbocycles. The van der Waals surface area contributed by atoms with Crippen molar-refractivity contribution < 1.29 is 9.59 Å². The number of rotatable bonds is 11. The van der Waals surface area contributed by atoms with Crippen LogP contribution in [-0.2, 0) is 24.1 Å². The molecule has 0 radical (unpaired) electrons. The minimum atomic E-state index is 0.154. The third-order valence-electron chi connectivity index (χ3n) is 9.36. The second-order valence-electron chi connectivity index (χ2n) is 12.5. The Bertz CT molecular complexity index is 987. The van der Waals surface area contributed by atoms with Crippen molar-refractivity contribution in [3.8, 4) is 0 Å². The van der Waals surface area contributed by atoms with E-state index in [1.165, 1.54) is 56.9 Å². The largest absolute Gasteiger partial charge is 0.299 e. The van der Waals surface area contributed by atoms with Gasteiger partial charge in [0, 0.05) is 24.3 Å². The quantitative estimate of drug-likeness (QED) is 0.289. The highest BCUT2D eigenvalue weighted by Gasteiger charge is 2.32. The predicted octanol–water partition coefficient (Wildman–Crippen LogP) is 8.84. The lowest BCUT2D eigenvalue weighted by Gasteiger charge is -2.37. The Hall–Kier alpha value is -2.22. The van der Waals surface area contributed by atoms with Gasteiger partial charge in [-0.25, -0.2) is 0 Å². The van der Waals surface area contributed by atoms with Gasteiger partial charge in [-0.15, -0.1) is 0 Å². The van der Waals surface area contributed by atoms with Gasteiger partial charge in [0.2, 0.25) is 0 Å². The maximum atomic E-state index is 13.0. The van der Waals surface area contributed by atoms with Gasteiger partial charge in [-0.2, -0.15) is 0 Å². The molecule has 2 aromatic rings. The maximum Gasteiger partial charge on any atom is 0.167 e. The first-order chi connectivity index (χ1) is 17.9. The molecule has 0 aliphatic heterocycles. The summed E-state index contributed by atoms with van der Waals surface area (Å²) in [5.74, 6) is 4.16. The summed E-state index contributed by atoms with van der Waals surface area (Å²) in [7, 11) is 0. The summed E-state index contributed by atoms with van der Waals surface area (Å²) in [5, 5.41) is 0. The molecule has 0 heterocycles. The van der Waals surface area contributed by atoms with Crippen molar-refractivity contribution in [3.63, 3.8) is 0 Å². The van der Waals surface area contributed by atoms with Crippen LogP contribution < -0.4 is 0 Å². The molecular formula is C35H48O2. The van der Waals surface area contributed by atoms with E-state index in [1.54, 1.807) is 0 Å². The molecule has 2 aliphatic rings. The monoisotopic (exact) mass is 500 g/mol. The molecule has 2 aromatic carbocycles. The molecule has 0 aromatic heterocycles. The van der Waals surface area contributed by atoms with Gasteiger partial charge in [0.15, 0.2) is 5.78 Å². The van der Waals surface area contributed by atoms with Crippen molar-refractivity contribution in [2.75, 3.05) is 0 Å². The highest BCUT2D eigenvalue weighted by Crippen LogP contribution is 2.41. The van der Waals surface area contributed by atoms with Crippen molar-refractivity contribution in [3.05, 3.63) is 70.8 Å². The van der Waals surface area contributed by atoms with Crippen LogP contribution in [0.3, 0.4) is 0 Å². The zero-order valence-corrected chi connectivity index (χ0v) is 23.5. The maximum absolute atomic E-state index is 13.0. The van der Waals surface area contributed by atoms with Gasteiger partial charge >= 0.3 is 0 Å². The topological polar surface area (TPSA) is 34.1 Å². The van der Waals surface area contributed by atoms with Gasteiger partial charge in [0.1, 0.15) is 5.78 Å². The lowest BCUT2D eigenvalue weighted by molar-refractivity contribution is -0.123. The SMILES string of the molecule is CCCC(C)Cc1ccc(C(=O)Cc2ccc(CC(=O)C3CCC(C4CCC(C)CC4)CC3)cc2)cc1. The number of hydrogen-bond donors (Lipinski definition) is 0. The van der Waals surface area contributed by atoms with Crippen LogP contribution in [0.15, 0.2) is 48.5 Å². The second kappa shape index (κ2) is 13.5. The normalized spacial score (nSPS) is 24.9. The van der Waals surface area contributed by atoms with Crippen LogP contribution in [0.25, 0.3) is 0 Å². The number of ketones is 2. The lowest BCUT2D eigenvalue weighted by atomic mass is 9.68. The van der Waals surface area contributed by atoms with Crippen molar-refractivity contribution in [1.29, 1.82) is 0 Å². The molecule has 2 aliphatic carbocycles. The summed E-state index contributed by atoms with van der Waals surface area (Å²) in [6.07, 6.45) is 14.7. The molecule has 2 nitrogen and oxygen atoms in total. The molecule has 0 bridgehead atoms. The Balaban J connectivity index is 1.22. The smallest absolute Gasteiger partial charge is 0.167 e. The Morgan fingerprint density at radius 2 is 1.24 bits per heavy atom. The van der Waals surface area contributed by atoms with Crippen LogP contribution in [0, 0.1) is 29.6 Å². The summed E-state index contributed by atoms with van der Waals surface area (Å²) in [4.78, 5) is 25.8. The van der Waals surface area contributed by atoms with E-state index in [4.69, 9.17) is 0 Å². The van der Waals surface area contributed by atoms with E-state index in [0.29, 0.717) is 24.5 Å². The van der Waals surface area contributed by atoms with E-state index in [-0.39, 0.29) is 11.7 Å². The highest BCUT2D eigenvalue weighted by atomic mass is 16.1. The molecule has 0 amide bonds. The summed E-state index contributed by atoms with van der Waals surface area (Å²) < 4.78 is 0. The molecular weight excluding hydrogens is 452 g/mol. The van der Waals surface area contributed by atoms with Crippen LogP contribution >= 0.6 is 0 Å². The first-order valence-corrected chi connectivity index (χ1v) is 15.1. The van der Waals surface area contributed by atoms with Crippen LogP contribution in [0.2, 0.25) is 0 Å². The van der Waals surface area contributed by atoms with Crippen molar-refractivity contribution in [2.45, 2.75) is 104 Å². The zero-order chi connectivity index (χ0) is 26.2. The molecule has 1 unspecified atom stereocenters. The summed E-state index contributed by atoms with van der Waals surface area (Å²) in [5.41, 5.74) is 4.19. The van der Waals surface area contributed by atoms with Crippen LogP contribution in [0.4, 0.5) is 0 Å².